The molecule has 1 heterocycles. The molecule has 0 spiro atoms. The van der Waals surface area contributed by atoms with E-state index in [1.54, 1.807) is 31.3 Å². The Morgan fingerprint density at radius 2 is 1.74 bits per heavy atom. The SMILES string of the molecule is Cc1cc(CC(=O)NC(Cc2ccccc2)C(=O)Nc2ccc(-c3ccn[nH]3)cc2)ccc1O. The molecule has 1 unspecified atom stereocenters. The van der Waals surface area contributed by atoms with Crippen molar-refractivity contribution in [3.63, 3.8) is 0 Å². The van der Waals surface area contributed by atoms with Crippen LogP contribution < -0.4 is 10.6 Å². The first-order chi connectivity index (χ1) is 16.5. The fourth-order valence-corrected chi connectivity index (χ4v) is 3.70. The Hall–Kier alpha value is -4.39. The third kappa shape index (κ3) is 5.89. The third-order valence-electron chi connectivity index (χ3n) is 5.52. The predicted octanol–water partition coefficient (Wildman–Crippen LogP) is 4.00. The number of nitrogens with zero attached hydrogens (tertiary/aromatic N) is 1. The summed E-state index contributed by atoms with van der Waals surface area (Å²) in [6.45, 7) is 1.78. The number of phenolic OH excluding ortho intramolecular Hbond substituents is 1. The van der Waals surface area contributed by atoms with Crippen LogP contribution in [0.1, 0.15) is 16.7 Å². The average molecular weight is 455 g/mol. The summed E-state index contributed by atoms with van der Waals surface area (Å²) in [5, 5.41) is 22.4. The highest BCUT2D eigenvalue weighted by Gasteiger charge is 2.22. The van der Waals surface area contributed by atoms with Gasteiger partial charge in [0, 0.05) is 18.3 Å². The van der Waals surface area contributed by atoms with Crippen LogP contribution in [0.4, 0.5) is 5.69 Å². The van der Waals surface area contributed by atoms with Gasteiger partial charge in [0.15, 0.2) is 0 Å². The van der Waals surface area contributed by atoms with E-state index in [0.717, 1.165) is 22.4 Å². The van der Waals surface area contributed by atoms with Crippen LogP contribution in [0.3, 0.4) is 0 Å². The van der Waals surface area contributed by atoms with Gasteiger partial charge in [-0.15, -0.1) is 0 Å². The van der Waals surface area contributed by atoms with Crippen molar-refractivity contribution in [1.82, 2.24) is 15.5 Å². The maximum Gasteiger partial charge on any atom is 0.247 e. The molecule has 3 aromatic carbocycles. The highest BCUT2D eigenvalue weighted by atomic mass is 16.3. The number of nitrogens with one attached hydrogen (secondary N) is 3. The van der Waals surface area contributed by atoms with E-state index >= 15 is 0 Å². The van der Waals surface area contributed by atoms with Gasteiger partial charge in [0.05, 0.1) is 12.1 Å². The lowest BCUT2D eigenvalue weighted by molar-refractivity contribution is -0.126. The average Bonchev–Trinajstić information content (AvgIpc) is 3.37. The Labute approximate surface area is 197 Å². The first-order valence-corrected chi connectivity index (χ1v) is 11.0. The Bertz CT molecular complexity index is 1250. The van der Waals surface area contributed by atoms with E-state index in [1.807, 2.05) is 60.7 Å². The molecule has 34 heavy (non-hydrogen) atoms. The van der Waals surface area contributed by atoms with Gasteiger partial charge in [0.2, 0.25) is 11.8 Å². The van der Waals surface area contributed by atoms with Crippen molar-refractivity contribution in [3.05, 3.63) is 102 Å². The van der Waals surface area contributed by atoms with Crippen molar-refractivity contribution >= 4 is 17.5 Å². The van der Waals surface area contributed by atoms with E-state index in [-0.39, 0.29) is 24.0 Å². The number of amides is 2. The summed E-state index contributed by atoms with van der Waals surface area (Å²) >= 11 is 0. The van der Waals surface area contributed by atoms with Crippen LogP contribution in [0, 0.1) is 6.92 Å². The molecule has 2 amide bonds. The highest BCUT2D eigenvalue weighted by molar-refractivity contribution is 5.97. The smallest absolute Gasteiger partial charge is 0.247 e. The van der Waals surface area contributed by atoms with Crippen LogP contribution in [0.5, 0.6) is 5.75 Å². The molecule has 7 heteroatoms. The number of benzene rings is 3. The van der Waals surface area contributed by atoms with E-state index in [4.69, 9.17) is 0 Å². The van der Waals surface area contributed by atoms with Gasteiger partial charge in [-0.05, 0) is 53.4 Å². The van der Waals surface area contributed by atoms with Crippen molar-refractivity contribution in [3.8, 4) is 17.0 Å². The minimum Gasteiger partial charge on any atom is -0.508 e. The van der Waals surface area contributed by atoms with Crippen LogP contribution in [0.2, 0.25) is 0 Å². The number of aromatic hydroxyl groups is 1. The normalized spacial score (nSPS) is 11.6. The summed E-state index contributed by atoms with van der Waals surface area (Å²) in [6, 6.07) is 23.1. The largest absolute Gasteiger partial charge is 0.508 e. The molecule has 172 valence electrons. The maximum atomic E-state index is 13.1. The molecular weight excluding hydrogens is 428 g/mol. The molecule has 4 rings (SSSR count). The van der Waals surface area contributed by atoms with E-state index < -0.39 is 6.04 Å². The molecule has 0 bridgehead atoms. The first kappa shape index (κ1) is 22.8. The van der Waals surface area contributed by atoms with Gasteiger partial charge in [-0.1, -0.05) is 54.6 Å². The first-order valence-electron chi connectivity index (χ1n) is 11.0. The molecule has 1 atom stereocenters. The van der Waals surface area contributed by atoms with Gasteiger partial charge >= 0.3 is 0 Å². The number of aryl methyl sites for hydroxylation is 1. The summed E-state index contributed by atoms with van der Waals surface area (Å²) in [7, 11) is 0. The Kier molecular flexibility index (Phi) is 7.03. The molecule has 0 saturated heterocycles. The summed E-state index contributed by atoms with van der Waals surface area (Å²) < 4.78 is 0. The monoisotopic (exact) mass is 454 g/mol. The topological polar surface area (TPSA) is 107 Å². The standard InChI is InChI=1S/C27H26N4O3/c1-18-15-20(7-12-25(18)32)17-26(33)30-24(16-19-5-3-2-4-6-19)27(34)29-22-10-8-21(9-11-22)23-13-14-28-31-23/h2-15,24,32H,16-17H2,1H3,(H,28,31)(H,29,34)(H,30,33). The van der Waals surface area contributed by atoms with Crippen LogP contribution in [0.25, 0.3) is 11.3 Å². The van der Waals surface area contributed by atoms with Crippen LogP contribution >= 0.6 is 0 Å². The number of anilines is 1. The zero-order valence-electron chi connectivity index (χ0n) is 18.8. The lowest BCUT2D eigenvalue weighted by Gasteiger charge is -2.19. The van der Waals surface area contributed by atoms with Crippen molar-refractivity contribution in [2.75, 3.05) is 5.32 Å². The Balaban J connectivity index is 1.46. The molecule has 0 radical (unpaired) electrons. The molecular formula is C27H26N4O3. The van der Waals surface area contributed by atoms with E-state index in [0.29, 0.717) is 17.7 Å². The minimum atomic E-state index is -0.750. The summed E-state index contributed by atoms with van der Waals surface area (Å²) in [5.74, 6) is -0.381. The lowest BCUT2D eigenvalue weighted by Crippen LogP contribution is -2.45. The molecule has 0 aliphatic carbocycles. The molecule has 0 saturated carbocycles. The second-order valence-electron chi connectivity index (χ2n) is 8.14. The van der Waals surface area contributed by atoms with Crippen LogP contribution in [-0.4, -0.2) is 33.2 Å². The summed E-state index contributed by atoms with van der Waals surface area (Å²) in [6.07, 6.45) is 2.15. The molecule has 0 aliphatic heterocycles. The van der Waals surface area contributed by atoms with Gasteiger partial charge < -0.3 is 15.7 Å². The molecule has 4 N–H and O–H groups in total. The fourth-order valence-electron chi connectivity index (χ4n) is 3.70. The van der Waals surface area contributed by atoms with E-state index in [1.165, 1.54) is 0 Å². The van der Waals surface area contributed by atoms with Gasteiger partial charge in [-0.2, -0.15) is 5.10 Å². The second kappa shape index (κ2) is 10.5. The molecule has 0 fully saturated rings. The minimum absolute atomic E-state index is 0.110. The molecule has 7 nitrogen and oxygen atoms in total. The maximum absolute atomic E-state index is 13.1. The van der Waals surface area contributed by atoms with E-state index in [9.17, 15) is 14.7 Å². The number of phenols is 1. The third-order valence-corrected chi connectivity index (χ3v) is 5.52. The van der Waals surface area contributed by atoms with Crippen molar-refractivity contribution in [1.29, 1.82) is 0 Å². The van der Waals surface area contributed by atoms with Crippen LogP contribution in [-0.2, 0) is 22.4 Å². The van der Waals surface area contributed by atoms with E-state index in [2.05, 4.69) is 20.8 Å². The second-order valence-corrected chi connectivity index (χ2v) is 8.14. The number of carbonyl (C=O) groups is 2. The molecule has 4 aromatic rings. The van der Waals surface area contributed by atoms with Crippen LogP contribution in [0.15, 0.2) is 85.1 Å². The van der Waals surface area contributed by atoms with Crippen molar-refractivity contribution in [2.24, 2.45) is 0 Å². The molecule has 1 aromatic heterocycles. The van der Waals surface area contributed by atoms with Gasteiger partial charge in [-0.25, -0.2) is 0 Å². The van der Waals surface area contributed by atoms with Gasteiger partial charge in [0.1, 0.15) is 11.8 Å². The van der Waals surface area contributed by atoms with Gasteiger partial charge in [-0.3, -0.25) is 14.7 Å². The number of aromatic nitrogens is 2. The predicted molar refractivity (Wildman–Crippen MR) is 131 cm³/mol. The summed E-state index contributed by atoms with van der Waals surface area (Å²) in [5.41, 5.74) is 4.88. The number of hydrogen-bond acceptors (Lipinski definition) is 4. The number of carbonyl (C=O) groups excluding carboxylic acids is 2. The highest BCUT2D eigenvalue weighted by Crippen LogP contribution is 2.20. The van der Waals surface area contributed by atoms with Gasteiger partial charge in [0.25, 0.3) is 0 Å². The zero-order chi connectivity index (χ0) is 23.9. The Morgan fingerprint density at radius 1 is 0.971 bits per heavy atom. The molecule has 0 aliphatic rings. The summed E-state index contributed by atoms with van der Waals surface area (Å²) in [4.78, 5) is 25.9. The number of rotatable bonds is 8. The zero-order valence-corrected chi connectivity index (χ0v) is 18.8. The van der Waals surface area contributed by atoms with Crippen molar-refractivity contribution in [2.45, 2.75) is 25.8 Å². The van der Waals surface area contributed by atoms with Crippen molar-refractivity contribution < 1.29 is 14.7 Å². The quantitative estimate of drug-likeness (QED) is 0.323. The fraction of sp³-hybridized carbons (Fsp3) is 0.148. The number of H-pyrrole nitrogens is 1. The number of aromatic amines is 1. The Morgan fingerprint density at radius 3 is 2.41 bits per heavy atom. The lowest BCUT2D eigenvalue weighted by atomic mass is 10.0. The number of hydrogen-bond donors (Lipinski definition) is 4.